The molecule has 1 fully saturated rings. The average molecular weight is 346 g/mol. The number of hydrogen-bond acceptors (Lipinski definition) is 5. The van der Waals surface area contributed by atoms with E-state index in [2.05, 4.69) is 20.4 Å². The normalized spacial score (nSPS) is 16.1. The van der Waals surface area contributed by atoms with Gasteiger partial charge in [-0.15, -0.1) is 0 Å². The van der Waals surface area contributed by atoms with Crippen LogP contribution < -0.4 is 5.32 Å². The van der Waals surface area contributed by atoms with Crippen LogP contribution in [0.25, 0.3) is 11.4 Å². The van der Waals surface area contributed by atoms with Gasteiger partial charge in [0.1, 0.15) is 5.82 Å². The number of carbonyl (C=O) groups excluding carboxylic acids is 1. The Kier molecular flexibility index (Phi) is 5.75. The summed E-state index contributed by atoms with van der Waals surface area (Å²) in [5.41, 5.74) is 0.730. The molecule has 3 rings (SSSR count). The molecule has 1 aliphatic rings. The predicted octanol–water partition coefficient (Wildman–Crippen LogP) is 2.76. The van der Waals surface area contributed by atoms with Crippen LogP contribution in [0.2, 0.25) is 0 Å². The minimum absolute atomic E-state index is 0.141. The number of piperidine rings is 1. The lowest BCUT2D eigenvalue weighted by Gasteiger charge is -2.31. The highest BCUT2D eigenvalue weighted by Gasteiger charge is 2.22. The van der Waals surface area contributed by atoms with Crippen molar-refractivity contribution in [1.29, 1.82) is 0 Å². The van der Waals surface area contributed by atoms with Crippen molar-refractivity contribution in [3.05, 3.63) is 36.0 Å². The van der Waals surface area contributed by atoms with E-state index in [0.29, 0.717) is 24.7 Å². The van der Waals surface area contributed by atoms with Crippen molar-refractivity contribution in [2.75, 3.05) is 13.1 Å². The van der Waals surface area contributed by atoms with Gasteiger partial charge >= 0.3 is 0 Å². The van der Waals surface area contributed by atoms with E-state index in [-0.39, 0.29) is 17.8 Å². The number of hydrogen-bond donors (Lipinski definition) is 1. The molecule has 7 heteroatoms. The van der Waals surface area contributed by atoms with Crippen LogP contribution in [0.1, 0.15) is 38.5 Å². The van der Waals surface area contributed by atoms with Crippen molar-refractivity contribution < 1.29 is 13.7 Å². The minimum atomic E-state index is -0.290. The third-order valence-electron chi connectivity index (χ3n) is 4.36. The molecule has 0 radical (unpaired) electrons. The monoisotopic (exact) mass is 346 g/mol. The van der Waals surface area contributed by atoms with E-state index in [1.807, 2.05) is 6.92 Å². The molecule has 1 aromatic carbocycles. The van der Waals surface area contributed by atoms with Crippen LogP contribution in [0.15, 0.2) is 28.8 Å². The summed E-state index contributed by atoms with van der Waals surface area (Å²) in [5.74, 6) is 0.868. The molecule has 0 atom stereocenters. The van der Waals surface area contributed by atoms with E-state index < -0.39 is 0 Å². The molecule has 1 aliphatic heterocycles. The number of nitrogens with one attached hydrogen (secondary N) is 1. The second kappa shape index (κ2) is 8.20. The first kappa shape index (κ1) is 17.5. The smallest absolute Gasteiger partial charge is 0.241 e. The molecule has 0 saturated carbocycles. The van der Waals surface area contributed by atoms with Crippen LogP contribution in [0, 0.1) is 5.82 Å². The molecule has 134 valence electrons. The van der Waals surface area contributed by atoms with Crippen LogP contribution in [0.5, 0.6) is 0 Å². The number of nitrogens with zero attached hydrogens (tertiary/aromatic N) is 3. The summed E-state index contributed by atoms with van der Waals surface area (Å²) in [5, 5.41) is 7.05. The van der Waals surface area contributed by atoms with Crippen LogP contribution in [-0.4, -0.2) is 40.1 Å². The van der Waals surface area contributed by atoms with Crippen LogP contribution in [-0.2, 0) is 11.3 Å². The quantitative estimate of drug-likeness (QED) is 0.871. The highest BCUT2D eigenvalue weighted by atomic mass is 19.1. The SMILES string of the molecule is CCCC(=O)NC1CCN(Cc2nc(-c3ccc(F)cc3)no2)CC1. The number of carbonyl (C=O) groups is 1. The summed E-state index contributed by atoms with van der Waals surface area (Å²) in [4.78, 5) is 18.3. The summed E-state index contributed by atoms with van der Waals surface area (Å²) in [6.07, 6.45) is 3.31. The van der Waals surface area contributed by atoms with Crippen LogP contribution in [0.3, 0.4) is 0 Å². The summed E-state index contributed by atoms with van der Waals surface area (Å²) in [6.45, 7) is 4.35. The fourth-order valence-electron chi connectivity index (χ4n) is 2.99. The van der Waals surface area contributed by atoms with Crippen molar-refractivity contribution in [2.45, 2.75) is 45.2 Å². The number of aromatic nitrogens is 2. The van der Waals surface area contributed by atoms with Gasteiger partial charge in [0.05, 0.1) is 6.54 Å². The first-order valence-electron chi connectivity index (χ1n) is 8.74. The first-order valence-corrected chi connectivity index (χ1v) is 8.74. The number of benzene rings is 1. The predicted molar refractivity (Wildman–Crippen MR) is 91.0 cm³/mol. The highest BCUT2D eigenvalue weighted by Crippen LogP contribution is 2.18. The van der Waals surface area contributed by atoms with E-state index in [4.69, 9.17) is 4.52 Å². The fourth-order valence-corrected chi connectivity index (χ4v) is 2.99. The third kappa shape index (κ3) is 4.85. The fraction of sp³-hybridized carbons (Fsp3) is 0.500. The van der Waals surface area contributed by atoms with Gasteiger partial charge < -0.3 is 9.84 Å². The maximum absolute atomic E-state index is 13.0. The molecule has 1 saturated heterocycles. The lowest BCUT2D eigenvalue weighted by molar-refractivity contribution is -0.122. The second-order valence-corrected chi connectivity index (χ2v) is 6.39. The Labute approximate surface area is 146 Å². The van der Waals surface area contributed by atoms with Crippen molar-refractivity contribution in [3.8, 4) is 11.4 Å². The zero-order valence-electron chi connectivity index (χ0n) is 14.4. The van der Waals surface area contributed by atoms with Crippen molar-refractivity contribution in [3.63, 3.8) is 0 Å². The number of likely N-dealkylation sites (tertiary alicyclic amines) is 1. The van der Waals surface area contributed by atoms with Crippen LogP contribution in [0.4, 0.5) is 4.39 Å². The first-order chi connectivity index (χ1) is 12.1. The van der Waals surface area contributed by atoms with Gasteiger partial charge in [0.15, 0.2) is 0 Å². The summed E-state index contributed by atoms with van der Waals surface area (Å²) >= 11 is 0. The molecule has 1 amide bonds. The zero-order chi connectivity index (χ0) is 17.6. The Morgan fingerprint density at radius 2 is 2.04 bits per heavy atom. The number of halogens is 1. The molecule has 0 unspecified atom stereocenters. The molecule has 6 nitrogen and oxygen atoms in total. The van der Waals surface area contributed by atoms with Gasteiger partial charge in [-0.25, -0.2) is 4.39 Å². The highest BCUT2D eigenvalue weighted by molar-refractivity contribution is 5.76. The third-order valence-corrected chi connectivity index (χ3v) is 4.36. The average Bonchev–Trinajstić information content (AvgIpc) is 3.06. The van der Waals surface area contributed by atoms with E-state index in [1.54, 1.807) is 12.1 Å². The molecular weight excluding hydrogens is 323 g/mol. The molecule has 0 spiro atoms. The Bertz CT molecular complexity index is 693. The lowest BCUT2D eigenvalue weighted by Crippen LogP contribution is -2.44. The standard InChI is InChI=1S/C18H23FN4O2/c1-2-3-16(24)20-15-8-10-23(11-9-15)12-17-21-18(22-25-17)13-4-6-14(19)7-5-13/h4-7,15H,2-3,8-12H2,1H3,(H,20,24). The van der Waals surface area contributed by atoms with Gasteiger partial charge in [-0.1, -0.05) is 12.1 Å². The molecular formula is C18H23FN4O2. The van der Waals surface area contributed by atoms with Crippen LogP contribution >= 0.6 is 0 Å². The number of rotatable bonds is 6. The molecule has 1 N–H and O–H groups in total. The lowest BCUT2D eigenvalue weighted by atomic mass is 10.0. The molecule has 1 aromatic heterocycles. The van der Waals surface area contributed by atoms with Gasteiger partial charge in [-0.2, -0.15) is 4.98 Å². The van der Waals surface area contributed by atoms with Crippen molar-refractivity contribution >= 4 is 5.91 Å². The van der Waals surface area contributed by atoms with E-state index in [0.717, 1.165) is 37.9 Å². The largest absolute Gasteiger partial charge is 0.353 e. The van der Waals surface area contributed by atoms with Crippen molar-refractivity contribution in [2.24, 2.45) is 0 Å². The molecule has 2 heterocycles. The number of amides is 1. The molecule has 25 heavy (non-hydrogen) atoms. The Morgan fingerprint density at radius 1 is 1.32 bits per heavy atom. The zero-order valence-corrected chi connectivity index (χ0v) is 14.4. The Morgan fingerprint density at radius 3 is 2.72 bits per heavy atom. The maximum Gasteiger partial charge on any atom is 0.241 e. The maximum atomic E-state index is 13.0. The van der Waals surface area contributed by atoms with Gasteiger partial charge in [-0.05, 0) is 43.5 Å². The van der Waals surface area contributed by atoms with Gasteiger partial charge in [0.25, 0.3) is 0 Å². The molecule has 2 aromatic rings. The van der Waals surface area contributed by atoms with Gasteiger partial charge in [0.2, 0.25) is 17.6 Å². The Balaban J connectivity index is 1.49. The van der Waals surface area contributed by atoms with Gasteiger partial charge in [0, 0.05) is 31.1 Å². The molecule has 0 bridgehead atoms. The Hall–Kier alpha value is -2.28. The van der Waals surface area contributed by atoms with Gasteiger partial charge in [-0.3, -0.25) is 9.69 Å². The van der Waals surface area contributed by atoms with E-state index in [9.17, 15) is 9.18 Å². The van der Waals surface area contributed by atoms with Crippen molar-refractivity contribution in [1.82, 2.24) is 20.4 Å². The summed E-state index contributed by atoms with van der Waals surface area (Å²) in [7, 11) is 0. The summed E-state index contributed by atoms with van der Waals surface area (Å²) < 4.78 is 18.3. The minimum Gasteiger partial charge on any atom is -0.353 e. The topological polar surface area (TPSA) is 71.3 Å². The molecule has 0 aliphatic carbocycles. The van der Waals surface area contributed by atoms with E-state index in [1.165, 1.54) is 12.1 Å². The summed E-state index contributed by atoms with van der Waals surface area (Å²) in [6, 6.07) is 6.28. The van der Waals surface area contributed by atoms with E-state index >= 15 is 0 Å². The second-order valence-electron chi connectivity index (χ2n) is 6.39.